The smallest absolute Gasteiger partial charge is 0.326 e. The third kappa shape index (κ3) is 3.75. The molecule has 0 aromatic carbocycles. The molecule has 0 aliphatic heterocycles. The zero-order chi connectivity index (χ0) is 13.9. The van der Waals surface area contributed by atoms with Crippen LogP contribution in [0.15, 0.2) is 12.7 Å². The number of urea groups is 1. The summed E-state index contributed by atoms with van der Waals surface area (Å²) in [5.41, 5.74) is -0.523. The molecule has 1 rings (SSSR count). The molecule has 1 aliphatic rings. The number of carbonyl (C=O) groups excluding carboxylic acids is 1. The first kappa shape index (κ1) is 14.5. The van der Waals surface area contributed by atoms with Gasteiger partial charge in [0.05, 0.1) is 0 Å². The van der Waals surface area contributed by atoms with Crippen molar-refractivity contribution in [3.8, 4) is 0 Å². The number of hydrogen-bond acceptors (Lipinski definition) is 2. The van der Waals surface area contributed by atoms with E-state index in [2.05, 4.69) is 11.9 Å². The summed E-state index contributed by atoms with van der Waals surface area (Å²) in [7, 11) is 0. The average molecular weight is 254 g/mol. The molecule has 2 amide bonds. The summed E-state index contributed by atoms with van der Waals surface area (Å²) < 4.78 is 0. The molecule has 0 bridgehead atoms. The number of nitrogens with one attached hydrogen (secondary N) is 1. The molecule has 1 aliphatic carbocycles. The summed E-state index contributed by atoms with van der Waals surface area (Å²) in [4.78, 5) is 24.9. The van der Waals surface area contributed by atoms with Crippen LogP contribution in [0, 0.1) is 5.41 Å². The molecular formula is C13H22N2O3. The SMILES string of the molecule is C=CCN(C(=O)N[C@H](C(=O)O)C(C)(C)C)C1CC1. The molecule has 1 atom stereocenters. The van der Waals surface area contributed by atoms with Gasteiger partial charge in [-0.15, -0.1) is 6.58 Å². The Morgan fingerprint density at radius 3 is 2.39 bits per heavy atom. The van der Waals surface area contributed by atoms with Crippen LogP contribution < -0.4 is 5.32 Å². The van der Waals surface area contributed by atoms with Gasteiger partial charge < -0.3 is 15.3 Å². The van der Waals surface area contributed by atoms with Gasteiger partial charge in [-0.3, -0.25) is 0 Å². The van der Waals surface area contributed by atoms with Crippen LogP contribution in [0.2, 0.25) is 0 Å². The van der Waals surface area contributed by atoms with E-state index in [4.69, 9.17) is 0 Å². The van der Waals surface area contributed by atoms with Gasteiger partial charge in [0.15, 0.2) is 0 Å². The number of amides is 2. The summed E-state index contributed by atoms with van der Waals surface area (Å²) >= 11 is 0. The van der Waals surface area contributed by atoms with Crippen LogP contribution in [-0.4, -0.2) is 40.6 Å². The van der Waals surface area contributed by atoms with E-state index in [0.29, 0.717) is 6.54 Å². The monoisotopic (exact) mass is 254 g/mol. The van der Waals surface area contributed by atoms with Crippen molar-refractivity contribution in [2.45, 2.75) is 45.7 Å². The maximum atomic E-state index is 12.1. The highest BCUT2D eigenvalue weighted by Crippen LogP contribution is 2.27. The molecule has 0 radical (unpaired) electrons. The first-order valence-corrected chi connectivity index (χ1v) is 6.18. The van der Waals surface area contributed by atoms with Crippen molar-refractivity contribution in [2.24, 2.45) is 5.41 Å². The van der Waals surface area contributed by atoms with Gasteiger partial charge in [-0.25, -0.2) is 9.59 Å². The van der Waals surface area contributed by atoms with Crippen molar-refractivity contribution in [3.63, 3.8) is 0 Å². The Balaban J connectivity index is 2.70. The Kier molecular flexibility index (Phi) is 4.38. The quantitative estimate of drug-likeness (QED) is 0.735. The molecule has 0 aromatic rings. The van der Waals surface area contributed by atoms with Crippen LogP contribution in [0.3, 0.4) is 0 Å². The second-order valence-corrected chi connectivity index (χ2v) is 5.76. The second kappa shape index (κ2) is 5.42. The molecule has 0 unspecified atom stereocenters. The lowest BCUT2D eigenvalue weighted by molar-refractivity contribution is -0.142. The lowest BCUT2D eigenvalue weighted by atomic mass is 9.87. The van der Waals surface area contributed by atoms with Gasteiger partial charge in [0.1, 0.15) is 6.04 Å². The van der Waals surface area contributed by atoms with E-state index in [0.717, 1.165) is 12.8 Å². The number of carboxylic acids is 1. The highest BCUT2D eigenvalue weighted by molar-refractivity contribution is 5.83. The molecule has 102 valence electrons. The van der Waals surface area contributed by atoms with Gasteiger partial charge in [-0.2, -0.15) is 0 Å². The van der Waals surface area contributed by atoms with Gasteiger partial charge >= 0.3 is 12.0 Å². The number of nitrogens with zero attached hydrogens (tertiary/aromatic N) is 1. The van der Waals surface area contributed by atoms with E-state index in [-0.39, 0.29) is 12.1 Å². The first-order chi connectivity index (χ1) is 8.27. The highest BCUT2D eigenvalue weighted by atomic mass is 16.4. The Morgan fingerprint density at radius 1 is 1.50 bits per heavy atom. The Bertz CT molecular complexity index is 343. The first-order valence-electron chi connectivity index (χ1n) is 6.18. The number of rotatable bonds is 5. The summed E-state index contributed by atoms with van der Waals surface area (Å²) in [6.45, 7) is 9.45. The fourth-order valence-electron chi connectivity index (χ4n) is 1.78. The van der Waals surface area contributed by atoms with Crippen LogP contribution in [0.5, 0.6) is 0 Å². The average Bonchev–Trinajstić information content (AvgIpc) is 3.03. The minimum Gasteiger partial charge on any atom is -0.480 e. The molecule has 5 nitrogen and oxygen atoms in total. The molecule has 0 spiro atoms. The van der Waals surface area contributed by atoms with Gasteiger partial charge in [0.25, 0.3) is 0 Å². The summed E-state index contributed by atoms with van der Waals surface area (Å²) in [5.74, 6) is -1.01. The molecule has 0 saturated heterocycles. The van der Waals surface area contributed by atoms with Crippen LogP contribution in [-0.2, 0) is 4.79 Å². The van der Waals surface area contributed by atoms with Crippen molar-refractivity contribution in [3.05, 3.63) is 12.7 Å². The van der Waals surface area contributed by atoms with E-state index in [1.54, 1.807) is 31.7 Å². The fraction of sp³-hybridized carbons (Fsp3) is 0.692. The van der Waals surface area contributed by atoms with Crippen LogP contribution in [0.4, 0.5) is 4.79 Å². The standard InChI is InChI=1S/C13H22N2O3/c1-5-8-15(9-6-7-9)12(18)14-10(11(16)17)13(2,3)4/h5,9-10H,1,6-8H2,2-4H3,(H,14,18)(H,16,17)/t10-/m1/s1. The van der Waals surface area contributed by atoms with Gasteiger partial charge in [0, 0.05) is 12.6 Å². The van der Waals surface area contributed by atoms with Gasteiger partial charge in [-0.05, 0) is 18.3 Å². The minimum atomic E-state index is -1.01. The lowest BCUT2D eigenvalue weighted by Crippen LogP contribution is -2.53. The van der Waals surface area contributed by atoms with Gasteiger partial charge in [-0.1, -0.05) is 26.8 Å². The number of carboxylic acid groups (broad SMARTS) is 1. The lowest BCUT2D eigenvalue weighted by Gasteiger charge is -2.30. The summed E-state index contributed by atoms with van der Waals surface area (Å²) in [6, 6.07) is -0.979. The van der Waals surface area contributed by atoms with E-state index in [9.17, 15) is 14.7 Å². The largest absolute Gasteiger partial charge is 0.480 e. The van der Waals surface area contributed by atoms with Crippen molar-refractivity contribution >= 4 is 12.0 Å². The molecule has 1 saturated carbocycles. The van der Waals surface area contributed by atoms with Crippen molar-refractivity contribution in [1.82, 2.24) is 10.2 Å². The van der Waals surface area contributed by atoms with E-state index < -0.39 is 17.4 Å². The summed E-state index contributed by atoms with van der Waals surface area (Å²) in [5, 5.41) is 11.8. The molecule has 5 heteroatoms. The fourth-order valence-corrected chi connectivity index (χ4v) is 1.78. The maximum absolute atomic E-state index is 12.1. The van der Waals surface area contributed by atoms with E-state index >= 15 is 0 Å². The number of hydrogen-bond donors (Lipinski definition) is 2. The maximum Gasteiger partial charge on any atom is 0.326 e. The second-order valence-electron chi connectivity index (χ2n) is 5.76. The number of carbonyl (C=O) groups is 2. The molecule has 0 aromatic heterocycles. The van der Waals surface area contributed by atoms with Crippen LogP contribution >= 0.6 is 0 Å². The predicted octanol–water partition coefficient (Wildman–Crippen LogP) is 1.85. The third-order valence-electron chi connectivity index (χ3n) is 2.96. The van der Waals surface area contributed by atoms with Gasteiger partial charge in [0.2, 0.25) is 0 Å². The van der Waals surface area contributed by atoms with E-state index in [1.165, 1.54) is 0 Å². The highest BCUT2D eigenvalue weighted by Gasteiger charge is 2.37. The summed E-state index contributed by atoms with van der Waals surface area (Å²) in [6.07, 6.45) is 3.62. The molecule has 18 heavy (non-hydrogen) atoms. The van der Waals surface area contributed by atoms with E-state index in [1.807, 2.05) is 0 Å². The third-order valence-corrected chi connectivity index (χ3v) is 2.96. The van der Waals surface area contributed by atoms with Crippen LogP contribution in [0.25, 0.3) is 0 Å². The van der Waals surface area contributed by atoms with Crippen molar-refractivity contribution in [2.75, 3.05) is 6.54 Å². The van der Waals surface area contributed by atoms with Crippen molar-refractivity contribution < 1.29 is 14.7 Å². The topological polar surface area (TPSA) is 69.6 Å². The molecular weight excluding hydrogens is 232 g/mol. The normalized spacial score (nSPS) is 16.8. The zero-order valence-corrected chi connectivity index (χ0v) is 11.3. The zero-order valence-electron chi connectivity index (χ0n) is 11.3. The van der Waals surface area contributed by atoms with Crippen molar-refractivity contribution in [1.29, 1.82) is 0 Å². The van der Waals surface area contributed by atoms with Crippen LogP contribution in [0.1, 0.15) is 33.6 Å². The molecule has 1 fully saturated rings. The molecule has 2 N–H and O–H groups in total. The molecule has 0 heterocycles. The number of aliphatic carboxylic acids is 1. The Morgan fingerprint density at radius 2 is 2.06 bits per heavy atom. The Labute approximate surface area is 108 Å². The Hall–Kier alpha value is -1.52. The minimum absolute atomic E-state index is 0.234. The predicted molar refractivity (Wildman–Crippen MR) is 69.3 cm³/mol.